The third-order valence-corrected chi connectivity index (χ3v) is 5.61. The van der Waals surface area contributed by atoms with Gasteiger partial charge in [0.1, 0.15) is 5.82 Å². The van der Waals surface area contributed by atoms with Crippen LogP contribution < -0.4 is 4.90 Å². The van der Waals surface area contributed by atoms with Gasteiger partial charge < -0.3 is 9.80 Å². The number of piperazine rings is 1. The molecule has 1 aliphatic rings. The number of benzene rings is 2. The van der Waals surface area contributed by atoms with E-state index >= 15 is 0 Å². The number of hydrogen-bond donors (Lipinski definition) is 0. The van der Waals surface area contributed by atoms with Crippen molar-refractivity contribution in [2.24, 2.45) is 0 Å². The molecule has 0 aliphatic carbocycles. The zero-order valence-corrected chi connectivity index (χ0v) is 15.6. The number of carbonyl (C=O) groups is 1. The van der Waals surface area contributed by atoms with Crippen LogP contribution in [0.5, 0.6) is 0 Å². The molecule has 2 aromatic rings. The molecule has 1 amide bonds. The van der Waals surface area contributed by atoms with Crippen molar-refractivity contribution in [1.82, 2.24) is 4.90 Å². The van der Waals surface area contributed by atoms with Gasteiger partial charge in [-0.1, -0.05) is 11.6 Å². The third-order valence-electron chi connectivity index (χ3n) is 4.26. The van der Waals surface area contributed by atoms with Crippen molar-refractivity contribution < 1.29 is 9.18 Å². The topological polar surface area (TPSA) is 23.6 Å². The van der Waals surface area contributed by atoms with E-state index in [0.29, 0.717) is 18.1 Å². The molecule has 1 fully saturated rings. The quantitative estimate of drug-likeness (QED) is 0.741. The fourth-order valence-corrected chi connectivity index (χ4v) is 3.94. The smallest absolute Gasteiger partial charge is 0.235 e. The molecule has 0 spiro atoms. The Morgan fingerprint density at radius 1 is 1.04 bits per heavy atom. The summed E-state index contributed by atoms with van der Waals surface area (Å²) < 4.78 is 13.0. The molecule has 3 nitrogen and oxygen atoms in total. The highest BCUT2D eigenvalue weighted by atomic mass is 35.5. The molecule has 25 heavy (non-hydrogen) atoms. The molecule has 132 valence electrons. The van der Waals surface area contributed by atoms with Gasteiger partial charge in [-0.05, 0) is 55.5 Å². The van der Waals surface area contributed by atoms with E-state index in [1.165, 1.54) is 12.1 Å². The van der Waals surface area contributed by atoms with Crippen LogP contribution in [-0.4, -0.2) is 42.2 Å². The van der Waals surface area contributed by atoms with Crippen LogP contribution in [0.3, 0.4) is 0 Å². The molecule has 6 heteroatoms. The highest BCUT2D eigenvalue weighted by Gasteiger charge is 2.25. The molecule has 3 rings (SSSR count). The Morgan fingerprint density at radius 3 is 2.24 bits per heavy atom. The van der Waals surface area contributed by atoms with Gasteiger partial charge in [0, 0.05) is 41.8 Å². The molecule has 2 aromatic carbocycles. The first-order chi connectivity index (χ1) is 12.0. The summed E-state index contributed by atoms with van der Waals surface area (Å²) in [4.78, 5) is 17.8. The minimum absolute atomic E-state index is 0.140. The number of anilines is 1. The van der Waals surface area contributed by atoms with Crippen molar-refractivity contribution >= 4 is 35.0 Å². The van der Waals surface area contributed by atoms with Gasteiger partial charge in [0.25, 0.3) is 0 Å². The SMILES string of the molecule is C[C@@H](Sc1ccc(Cl)cc1)C(=O)N1CCN(c2ccc(F)cc2)CC1. The van der Waals surface area contributed by atoms with Gasteiger partial charge in [-0.2, -0.15) is 0 Å². The Kier molecular flexibility index (Phi) is 5.86. The maximum atomic E-state index is 13.0. The second-order valence-electron chi connectivity index (χ2n) is 6.00. The van der Waals surface area contributed by atoms with E-state index in [1.807, 2.05) is 36.1 Å². The van der Waals surface area contributed by atoms with Crippen molar-refractivity contribution in [1.29, 1.82) is 0 Å². The number of amides is 1. The highest BCUT2D eigenvalue weighted by Crippen LogP contribution is 2.26. The van der Waals surface area contributed by atoms with Crippen molar-refractivity contribution in [2.45, 2.75) is 17.1 Å². The number of rotatable bonds is 4. The Hall–Kier alpha value is -1.72. The van der Waals surface area contributed by atoms with E-state index < -0.39 is 0 Å². The molecule has 0 saturated carbocycles. The standard InChI is InChI=1S/C19H20ClFN2OS/c1-14(25-18-8-2-15(20)3-9-18)19(24)23-12-10-22(11-13-23)17-6-4-16(21)5-7-17/h2-9,14H,10-13H2,1H3/t14-/m1/s1. The van der Waals surface area contributed by atoms with Crippen molar-refractivity contribution in [3.05, 3.63) is 59.4 Å². The molecule has 0 bridgehead atoms. The van der Waals surface area contributed by atoms with Crippen molar-refractivity contribution in [3.63, 3.8) is 0 Å². The maximum Gasteiger partial charge on any atom is 0.235 e. The lowest BCUT2D eigenvalue weighted by Gasteiger charge is -2.37. The van der Waals surface area contributed by atoms with Crippen LogP contribution in [0.1, 0.15) is 6.92 Å². The minimum atomic E-state index is -0.231. The summed E-state index contributed by atoms with van der Waals surface area (Å²) in [6, 6.07) is 14.0. The number of hydrogen-bond acceptors (Lipinski definition) is 3. The lowest BCUT2D eigenvalue weighted by atomic mass is 10.2. The largest absolute Gasteiger partial charge is 0.368 e. The first kappa shape index (κ1) is 18.1. The van der Waals surface area contributed by atoms with Crippen LogP contribution in [0.2, 0.25) is 5.02 Å². The lowest BCUT2D eigenvalue weighted by molar-refractivity contribution is -0.130. The summed E-state index contributed by atoms with van der Waals surface area (Å²) in [5.74, 6) is -0.0793. The predicted octanol–water partition coefficient (Wildman–Crippen LogP) is 4.31. The molecule has 1 aliphatic heterocycles. The van der Waals surface area contributed by atoms with E-state index in [4.69, 9.17) is 11.6 Å². The van der Waals surface area contributed by atoms with Crippen LogP contribution in [0, 0.1) is 5.82 Å². The van der Waals surface area contributed by atoms with Gasteiger partial charge in [-0.25, -0.2) is 4.39 Å². The fourth-order valence-electron chi connectivity index (χ4n) is 2.86. The number of nitrogens with zero attached hydrogens (tertiary/aromatic N) is 2. The average Bonchev–Trinajstić information content (AvgIpc) is 2.64. The van der Waals surface area contributed by atoms with Crippen molar-refractivity contribution in [2.75, 3.05) is 31.1 Å². The minimum Gasteiger partial charge on any atom is -0.368 e. The van der Waals surface area contributed by atoms with Crippen LogP contribution in [0.15, 0.2) is 53.4 Å². The second kappa shape index (κ2) is 8.11. The lowest BCUT2D eigenvalue weighted by Crippen LogP contribution is -2.50. The monoisotopic (exact) mass is 378 g/mol. The molecular formula is C19H20ClFN2OS. The van der Waals surface area contributed by atoms with Crippen LogP contribution >= 0.6 is 23.4 Å². The number of halogens is 2. The second-order valence-corrected chi connectivity index (χ2v) is 7.85. The number of thioether (sulfide) groups is 1. The molecule has 1 saturated heterocycles. The van der Waals surface area contributed by atoms with E-state index in [2.05, 4.69) is 4.90 Å². The van der Waals surface area contributed by atoms with Crippen molar-refractivity contribution in [3.8, 4) is 0 Å². The third kappa shape index (κ3) is 4.67. The fraction of sp³-hybridized carbons (Fsp3) is 0.316. The molecule has 0 aromatic heterocycles. The molecule has 1 heterocycles. The number of carbonyl (C=O) groups excluding carboxylic acids is 1. The molecule has 0 unspecified atom stereocenters. The molecular weight excluding hydrogens is 359 g/mol. The summed E-state index contributed by atoms with van der Waals surface area (Å²) >= 11 is 7.44. The first-order valence-corrected chi connectivity index (χ1v) is 9.50. The zero-order chi connectivity index (χ0) is 17.8. The van der Waals surface area contributed by atoms with E-state index in [-0.39, 0.29) is 17.0 Å². The van der Waals surface area contributed by atoms with E-state index in [1.54, 1.807) is 23.9 Å². The normalized spacial score (nSPS) is 16.0. The summed E-state index contributed by atoms with van der Waals surface area (Å²) in [6.45, 7) is 4.82. The summed E-state index contributed by atoms with van der Waals surface area (Å²) in [7, 11) is 0. The Balaban J connectivity index is 1.53. The summed E-state index contributed by atoms with van der Waals surface area (Å²) in [5, 5.41) is 0.554. The van der Waals surface area contributed by atoms with Gasteiger partial charge >= 0.3 is 0 Å². The molecule has 1 atom stereocenters. The van der Waals surface area contributed by atoms with E-state index in [9.17, 15) is 9.18 Å². The Morgan fingerprint density at radius 2 is 1.64 bits per heavy atom. The Bertz CT molecular complexity index is 715. The summed E-state index contributed by atoms with van der Waals surface area (Å²) in [5.41, 5.74) is 0.997. The zero-order valence-electron chi connectivity index (χ0n) is 14.0. The molecule has 0 N–H and O–H groups in total. The van der Waals surface area contributed by atoms with Gasteiger partial charge in [0.05, 0.1) is 5.25 Å². The van der Waals surface area contributed by atoms with Gasteiger partial charge in [0.15, 0.2) is 0 Å². The van der Waals surface area contributed by atoms with E-state index in [0.717, 1.165) is 23.7 Å². The predicted molar refractivity (Wildman–Crippen MR) is 102 cm³/mol. The van der Waals surface area contributed by atoms with Gasteiger partial charge in [-0.15, -0.1) is 11.8 Å². The first-order valence-electron chi connectivity index (χ1n) is 8.24. The average molecular weight is 379 g/mol. The van der Waals surface area contributed by atoms with Crippen LogP contribution in [0.4, 0.5) is 10.1 Å². The van der Waals surface area contributed by atoms with Crippen LogP contribution in [-0.2, 0) is 4.79 Å². The maximum absolute atomic E-state index is 13.0. The van der Waals surface area contributed by atoms with Gasteiger partial charge in [-0.3, -0.25) is 4.79 Å². The Labute approximate surface area is 156 Å². The highest BCUT2D eigenvalue weighted by molar-refractivity contribution is 8.00. The molecule has 0 radical (unpaired) electrons. The summed E-state index contributed by atoms with van der Waals surface area (Å²) in [6.07, 6.45) is 0. The van der Waals surface area contributed by atoms with Gasteiger partial charge in [0.2, 0.25) is 5.91 Å². The van der Waals surface area contributed by atoms with Crippen LogP contribution in [0.25, 0.3) is 0 Å².